The van der Waals surface area contributed by atoms with Crippen LogP contribution in [-0.2, 0) is 0 Å². The molecule has 0 aromatic carbocycles. The van der Waals surface area contributed by atoms with E-state index in [1.807, 2.05) is 0 Å². The van der Waals surface area contributed by atoms with Crippen LogP contribution in [0.1, 0.15) is 26.7 Å². The highest BCUT2D eigenvalue weighted by Crippen LogP contribution is 2.25. The van der Waals surface area contributed by atoms with Gasteiger partial charge in [-0.15, -0.1) is 0 Å². The van der Waals surface area contributed by atoms with E-state index in [0.29, 0.717) is 5.41 Å². The van der Waals surface area contributed by atoms with Crippen molar-refractivity contribution in [1.29, 1.82) is 0 Å². The predicted molar refractivity (Wildman–Crippen MR) is 39.5 cm³/mol. The molecule has 0 radical (unpaired) electrons. The van der Waals surface area contributed by atoms with Crippen molar-refractivity contribution in [2.75, 3.05) is 6.54 Å². The topological polar surface area (TPSA) is 38.4 Å². The van der Waals surface area contributed by atoms with Gasteiger partial charge in [0.25, 0.3) is 0 Å². The molecule has 0 unspecified atom stereocenters. The Labute approximate surface area is 56.2 Å². The molecule has 0 saturated carbocycles. The van der Waals surface area contributed by atoms with E-state index in [9.17, 15) is 0 Å². The van der Waals surface area contributed by atoms with Crippen molar-refractivity contribution >= 4 is 5.84 Å². The number of hydrogen-bond acceptors (Lipinski definition) is 2. The monoisotopic (exact) mass is 126 g/mol. The van der Waals surface area contributed by atoms with Gasteiger partial charge in [0, 0.05) is 13.0 Å². The highest BCUT2D eigenvalue weighted by Gasteiger charge is 2.20. The van der Waals surface area contributed by atoms with Crippen molar-refractivity contribution < 1.29 is 0 Å². The zero-order valence-electron chi connectivity index (χ0n) is 6.15. The minimum atomic E-state index is 0.392. The van der Waals surface area contributed by atoms with E-state index in [0.717, 1.165) is 18.8 Å². The zero-order chi connectivity index (χ0) is 6.91. The fourth-order valence-corrected chi connectivity index (χ4v) is 0.940. The normalized spacial score (nSPS) is 25.3. The molecular weight excluding hydrogens is 112 g/mol. The number of aliphatic imine (C=N–C) groups is 1. The summed E-state index contributed by atoms with van der Waals surface area (Å²) in [7, 11) is 0. The Kier molecular flexibility index (Phi) is 1.47. The summed E-state index contributed by atoms with van der Waals surface area (Å²) in [6.45, 7) is 5.35. The second-order valence-corrected chi connectivity index (χ2v) is 3.47. The first-order valence-electron chi connectivity index (χ1n) is 3.39. The Morgan fingerprint density at radius 3 is 2.56 bits per heavy atom. The van der Waals surface area contributed by atoms with Crippen LogP contribution in [0.25, 0.3) is 0 Å². The number of amidine groups is 1. The number of rotatable bonds is 0. The maximum atomic E-state index is 5.51. The van der Waals surface area contributed by atoms with Crippen molar-refractivity contribution in [3.63, 3.8) is 0 Å². The average molecular weight is 126 g/mol. The van der Waals surface area contributed by atoms with Gasteiger partial charge in [-0.3, -0.25) is 4.99 Å². The summed E-state index contributed by atoms with van der Waals surface area (Å²) in [6.07, 6.45) is 2.16. The van der Waals surface area contributed by atoms with Crippen molar-refractivity contribution in [2.45, 2.75) is 26.7 Å². The van der Waals surface area contributed by atoms with E-state index < -0.39 is 0 Å². The van der Waals surface area contributed by atoms with Crippen LogP contribution < -0.4 is 5.73 Å². The third-order valence-corrected chi connectivity index (χ3v) is 1.77. The molecule has 2 nitrogen and oxygen atoms in total. The lowest BCUT2D eigenvalue weighted by molar-refractivity contribution is 0.342. The lowest BCUT2D eigenvalue weighted by Crippen LogP contribution is -2.27. The Hall–Kier alpha value is -0.530. The van der Waals surface area contributed by atoms with Crippen LogP contribution in [0.5, 0.6) is 0 Å². The van der Waals surface area contributed by atoms with Crippen molar-refractivity contribution in [1.82, 2.24) is 0 Å². The first kappa shape index (κ1) is 6.59. The van der Waals surface area contributed by atoms with Crippen LogP contribution in [0.4, 0.5) is 0 Å². The van der Waals surface area contributed by atoms with Crippen LogP contribution in [0.15, 0.2) is 4.99 Å². The summed E-state index contributed by atoms with van der Waals surface area (Å²) in [5, 5.41) is 0. The molecule has 0 fully saturated rings. The molecule has 1 heterocycles. The third kappa shape index (κ3) is 1.70. The van der Waals surface area contributed by atoms with Gasteiger partial charge in [0.1, 0.15) is 0 Å². The molecule has 1 rings (SSSR count). The molecule has 0 saturated heterocycles. The molecule has 0 amide bonds. The third-order valence-electron chi connectivity index (χ3n) is 1.77. The number of nitrogens with zero attached hydrogens (tertiary/aromatic N) is 1. The van der Waals surface area contributed by atoms with Gasteiger partial charge in [-0.05, 0) is 11.8 Å². The molecule has 2 heteroatoms. The van der Waals surface area contributed by atoms with Gasteiger partial charge in [0.05, 0.1) is 5.84 Å². The van der Waals surface area contributed by atoms with Crippen LogP contribution in [0.3, 0.4) is 0 Å². The maximum Gasteiger partial charge on any atom is 0.0937 e. The maximum absolute atomic E-state index is 5.51. The molecule has 1 aliphatic rings. The van der Waals surface area contributed by atoms with E-state index in [2.05, 4.69) is 18.8 Å². The van der Waals surface area contributed by atoms with E-state index >= 15 is 0 Å². The highest BCUT2D eigenvalue weighted by molar-refractivity contribution is 5.80. The van der Waals surface area contributed by atoms with Crippen molar-refractivity contribution in [3.8, 4) is 0 Å². The van der Waals surface area contributed by atoms with Gasteiger partial charge in [-0.2, -0.15) is 0 Å². The van der Waals surface area contributed by atoms with Gasteiger partial charge in [-0.1, -0.05) is 13.8 Å². The molecule has 52 valence electrons. The summed E-state index contributed by atoms with van der Waals surface area (Å²) in [5.41, 5.74) is 5.90. The largest absolute Gasteiger partial charge is 0.387 e. The van der Waals surface area contributed by atoms with Gasteiger partial charge in [-0.25, -0.2) is 0 Å². The summed E-state index contributed by atoms with van der Waals surface area (Å²) < 4.78 is 0. The van der Waals surface area contributed by atoms with Crippen LogP contribution >= 0.6 is 0 Å². The Morgan fingerprint density at radius 1 is 1.56 bits per heavy atom. The van der Waals surface area contributed by atoms with E-state index in [1.54, 1.807) is 0 Å². The Morgan fingerprint density at radius 2 is 2.22 bits per heavy atom. The molecule has 0 bridgehead atoms. The van der Waals surface area contributed by atoms with E-state index in [1.165, 1.54) is 6.42 Å². The number of hydrogen-bond donors (Lipinski definition) is 1. The summed E-state index contributed by atoms with van der Waals surface area (Å²) in [6, 6.07) is 0. The lowest BCUT2D eigenvalue weighted by Gasteiger charge is -2.26. The van der Waals surface area contributed by atoms with Crippen LogP contribution in [0, 0.1) is 5.41 Å². The molecule has 0 spiro atoms. The highest BCUT2D eigenvalue weighted by atomic mass is 14.9. The average Bonchev–Trinajstić information content (AvgIpc) is 1.78. The first-order valence-corrected chi connectivity index (χ1v) is 3.39. The summed E-state index contributed by atoms with van der Waals surface area (Å²) in [4.78, 5) is 4.18. The molecule has 9 heavy (non-hydrogen) atoms. The molecule has 0 aliphatic carbocycles. The summed E-state index contributed by atoms with van der Waals surface area (Å²) >= 11 is 0. The Balaban J connectivity index is 2.56. The molecule has 1 aliphatic heterocycles. The van der Waals surface area contributed by atoms with Crippen molar-refractivity contribution in [2.24, 2.45) is 16.1 Å². The molecule has 0 aromatic rings. The lowest BCUT2D eigenvalue weighted by atomic mass is 9.86. The number of nitrogens with two attached hydrogens (primary N) is 1. The molecular formula is C7H14N2. The zero-order valence-corrected chi connectivity index (χ0v) is 6.15. The Bertz CT molecular complexity index is 136. The second-order valence-electron chi connectivity index (χ2n) is 3.47. The predicted octanol–water partition coefficient (Wildman–Crippen LogP) is 1.16. The van der Waals surface area contributed by atoms with Gasteiger partial charge in [0.15, 0.2) is 0 Å². The van der Waals surface area contributed by atoms with Gasteiger partial charge >= 0.3 is 0 Å². The molecule has 2 N–H and O–H groups in total. The standard InChI is InChI=1S/C7H14N2/c1-7(2)4-3-6(8)9-5-7/h3-5H2,1-2H3,(H2,8,9). The van der Waals surface area contributed by atoms with Gasteiger partial charge < -0.3 is 5.73 Å². The van der Waals surface area contributed by atoms with Crippen molar-refractivity contribution in [3.05, 3.63) is 0 Å². The van der Waals surface area contributed by atoms with E-state index in [-0.39, 0.29) is 0 Å². The smallest absolute Gasteiger partial charge is 0.0937 e. The molecule has 0 aromatic heterocycles. The molecule has 0 atom stereocenters. The van der Waals surface area contributed by atoms with Crippen LogP contribution in [-0.4, -0.2) is 12.4 Å². The minimum absolute atomic E-state index is 0.392. The van der Waals surface area contributed by atoms with Crippen LogP contribution in [0.2, 0.25) is 0 Å². The van der Waals surface area contributed by atoms with E-state index in [4.69, 9.17) is 5.73 Å². The summed E-state index contributed by atoms with van der Waals surface area (Å²) in [5.74, 6) is 0.828. The fourth-order valence-electron chi connectivity index (χ4n) is 0.940. The minimum Gasteiger partial charge on any atom is -0.387 e. The van der Waals surface area contributed by atoms with Gasteiger partial charge in [0.2, 0.25) is 0 Å². The fraction of sp³-hybridized carbons (Fsp3) is 0.857. The quantitative estimate of drug-likeness (QED) is 0.519. The SMILES string of the molecule is CC1(C)CCC(N)=NC1. The second kappa shape index (κ2) is 2.01. The first-order chi connectivity index (χ1) is 4.10.